The van der Waals surface area contributed by atoms with E-state index in [9.17, 15) is 9.00 Å². The highest BCUT2D eigenvalue weighted by atomic mass is 32.2. The van der Waals surface area contributed by atoms with E-state index in [4.69, 9.17) is 9.47 Å². The topological polar surface area (TPSA) is 94.0 Å². The molecule has 0 bridgehead atoms. The maximum absolute atomic E-state index is 13.1. The van der Waals surface area contributed by atoms with Crippen molar-refractivity contribution in [2.24, 2.45) is 4.36 Å². The number of methoxy groups -OCH3 is 1. The van der Waals surface area contributed by atoms with E-state index >= 15 is 0 Å². The van der Waals surface area contributed by atoms with E-state index in [0.29, 0.717) is 49.9 Å². The molecule has 1 spiro atoms. The monoisotopic (exact) mass is 396 g/mol. The van der Waals surface area contributed by atoms with Gasteiger partial charge in [0.15, 0.2) is 0 Å². The third-order valence-corrected chi connectivity index (χ3v) is 7.85. The molecule has 0 saturated carbocycles. The number of morpholine rings is 1. The van der Waals surface area contributed by atoms with Crippen LogP contribution in [0.4, 0.5) is 5.95 Å². The molecule has 1 atom stereocenters. The number of carbonyl (C=O) groups excluding carboxylic acids is 1. The van der Waals surface area contributed by atoms with Gasteiger partial charge in [0.05, 0.1) is 28.5 Å². The zero-order chi connectivity index (χ0) is 19.5. The van der Waals surface area contributed by atoms with Crippen LogP contribution in [0.3, 0.4) is 0 Å². The van der Waals surface area contributed by atoms with Crippen LogP contribution in [0.15, 0.2) is 22.8 Å². The molecule has 150 valence electrons. The molecule has 27 heavy (non-hydrogen) atoms. The second kappa shape index (κ2) is 7.81. The van der Waals surface area contributed by atoms with Crippen LogP contribution >= 0.6 is 0 Å². The Morgan fingerprint density at radius 1 is 1.41 bits per heavy atom. The van der Waals surface area contributed by atoms with Crippen molar-refractivity contribution in [1.82, 2.24) is 9.97 Å². The van der Waals surface area contributed by atoms with Gasteiger partial charge in [0.2, 0.25) is 5.95 Å². The van der Waals surface area contributed by atoms with Crippen molar-refractivity contribution in [2.45, 2.75) is 44.3 Å². The summed E-state index contributed by atoms with van der Waals surface area (Å²) in [6, 6.07) is 1.79. The summed E-state index contributed by atoms with van der Waals surface area (Å²) in [4.78, 5) is 23.2. The summed E-state index contributed by atoms with van der Waals surface area (Å²) >= 11 is 0. The molecule has 3 rings (SSSR count). The normalized spacial score (nSPS) is 30.7. The van der Waals surface area contributed by atoms with Gasteiger partial charge in [0, 0.05) is 37.6 Å². The lowest BCUT2D eigenvalue weighted by molar-refractivity contribution is -0.137. The molecule has 1 amide bonds. The molecule has 0 aromatic carbocycles. The highest BCUT2D eigenvalue weighted by Crippen LogP contribution is 2.33. The van der Waals surface area contributed by atoms with Crippen LogP contribution in [0.1, 0.15) is 33.1 Å². The maximum Gasteiger partial charge on any atom is 0.285 e. The van der Waals surface area contributed by atoms with E-state index < -0.39 is 21.2 Å². The molecule has 2 aliphatic rings. The first kappa shape index (κ1) is 20.2. The van der Waals surface area contributed by atoms with Gasteiger partial charge in [-0.3, -0.25) is 4.79 Å². The van der Waals surface area contributed by atoms with Crippen LogP contribution < -0.4 is 4.90 Å². The van der Waals surface area contributed by atoms with Gasteiger partial charge < -0.3 is 14.4 Å². The molecule has 2 saturated heterocycles. The molecule has 8 nitrogen and oxygen atoms in total. The lowest BCUT2D eigenvalue weighted by Crippen LogP contribution is -2.55. The van der Waals surface area contributed by atoms with Gasteiger partial charge in [-0.05, 0) is 32.3 Å². The molecule has 2 fully saturated rings. The number of nitrogens with zero attached hydrogens (tertiary/aromatic N) is 4. The highest BCUT2D eigenvalue weighted by Gasteiger charge is 2.42. The summed E-state index contributed by atoms with van der Waals surface area (Å²) in [6.45, 7) is 5.51. The molecule has 2 aliphatic heterocycles. The summed E-state index contributed by atoms with van der Waals surface area (Å²) < 4.78 is 28.6. The number of hydrogen-bond donors (Lipinski definition) is 0. The predicted molar refractivity (Wildman–Crippen MR) is 103 cm³/mol. The molecular formula is C18H28N4O4S. The number of anilines is 1. The minimum Gasteiger partial charge on any atom is -0.371 e. The van der Waals surface area contributed by atoms with E-state index in [-0.39, 0.29) is 5.60 Å². The molecule has 1 aromatic rings. The van der Waals surface area contributed by atoms with E-state index in [2.05, 4.69) is 19.2 Å². The fourth-order valence-corrected chi connectivity index (χ4v) is 5.68. The quantitative estimate of drug-likeness (QED) is 0.764. The lowest BCUT2D eigenvalue weighted by Gasteiger charge is -2.45. The van der Waals surface area contributed by atoms with Crippen molar-refractivity contribution in [3.63, 3.8) is 0 Å². The first-order valence-electron chi connectivity index (χ1n) is 9.32. The first-order valence-corrected chi connectivity index (χ1v) is 11.2. The first-order chi connectivity index (χ1) is 12.8. The maximum atomic E-state index is 13.1. The van der Waals surface area contributed by atoms with Crippen LogP contribution in [0.25, 0.3) is 0 Å². The van der Waals surface area contributed by atoms with Crippen molar-refractivity contribution < 1.29 is 18.5 Å². The van der Waals surface area contributed by atoms with E-state index in [1.807, 2.05) is 6.92 Å². The van der Waals surface area contributed by atoms with Crippen molar-refractivity contribution in [3.8, 4) is 0 Å². The summed E-state index contributed by atoms with van der Waals surface area (Å²) in [6.07, 6.45) is 5.14. The average molecular weight is 397 g/mol. The predicted octanol–water partition coefficient (Wildman–Crippen LogP) is 1.66. The number of ether oxygens (including phenoxy) is 2. The second-order valence-corrected chi connectivity index (χ2v) is 9.91. The minimum atomic E-state index is -2.58. The van der Waals surface area contributed by atoms with Crippen LogP contribution in [-0.2, 0) is 24.0 Å². The van der Waals surface area contributed by atoms with Crippen molar-refractivity contribution >= 4 is 21.6 Å². The lowest BCUT2D eigenvalue weighted by atomic mass is 9.94. The third kappa shape index (κ3) is 4.30. The number of carbonyl (C=O) groups is 1. The summed E-state index contributed by atoms with van der Waals surface area (Å²) in [5.74, 6) is 0.958. The summed E-state index contributed by atoms with van der Waals surface area (Å²) in [5, 5.41) is 0. The van der Waals surface area contributed by atoms with Crippen LogP contribution in [0.2, 0.25) is 0 Å². The largest absolute Gasteiger partial charge is 0.371 e. The SMILES string of the molecule is CCC(C)(OC)C(=O)N=S1(=O)CCC2(CC1)CN(c1ncccn1)CCO2. The van der Waals surface area contributed by atoms with Gasteiger partial charge in [-0.25, -0.2) is 14.2 Å². The van der Waals surface area contributed by atoms with E-state index in [0.717, 1.165) is 6.54 Å². The summed E-state index contributed by atoms with van der Waals surface area (Å²) in [7, 11) is -1.10. The van der Waals surface area contributed by atoms with Crippen LogP contribution in [-0.4, -0.2) is 69.6 Å². The number of rotatable bonds is 4. The van der Waals surface area contributed by atoms with E-state index in [1.165, 1.54) is 7.11 Å². The average Bonchev–Trinajstić information content (AvgIpc) is 2.71. The number of aromatic nitrogens is 2. The Morgan fingerprint density at radius 2 is 2.07 bits per heavy atom. The standard InChI is InChI=1S/C18H28N4O4S/c1-4-17(2,25-3)15(23)21-27(24)12-6-18(7-13-27)14-22(10-11-26-18)16-19-8-5-9-20-16/h5,8-9H,4,6-7,10-14H2,1-3H3. The molecule has 0 radical (unpaired) electrons. The molecule has 3 heterocycles. The Balaban J connectivity index is 1.71. The zero-order valence-corrected chi connectivity index (χ0v) is 17.0. The Kier molecular flexibility index (Phi) is 5.83. The number of hydrogen-bond acceptors (Lipinski definition) is 7. The van der Waals surface area contributed by atoms with Gasteiger partial charge in [-0.15, -0.1) is 0 Å². The fraction of sp³-hybridized carbons (Fsp3) is 0.722. The van der Waals surface area contributed by atoms with Gasteiger partial charge in [-0.2, -0.15) is 4.36 Å². The Bertz CT molecular complexity index is 774. The second-order valence-electron chi connectivity index (χ2n) is 7.37. The molecule has 1 aromatic heterocycles. The molecule has 0 N–H and O–H groups in total. The number of amides is 1. The smallest absolute Gasteiger partial charge is 0.285 e. The van der Waals surface area contributed by atoms with Crippen LogP contribution in [0, 0.1) is 0 Å². The minimum absolute atomic E-state index is 0.353. The molecule has 9 heteroatoms. The highest BCUT2D eigenvalue weighted by molar-refractivity contribution is 7.93. The Morgan fingerprint density at radius 3 is 2.67 bits per heavy atom. The fourth-order valence-electron chi connectivity index (χ4n) is 3.41. The van der Waals surface area contributed by atoms with Gasteiger partial charge in [-0.1, -0.05) is 6.92 Å². The molecule has 0 aliphatic carbocycles. The van der Waals surface area contributed by atoms with E-state index in [1.54, 1.807) is 25.4 Å². The van der Waals surface area contributed by atoms with Gasteiger partial charge in [0.25, 0.3) is 5.91 Å². The van der Waals surface area contributed by atoms with Gasteiger partial charge in [0.1, 0.15) is 5.60 Å². The van der Waals surface area contributed by atoms with Gasteiger partial charge >= 0.3 is 0 Å². The Hall–Kier alpha value is -1.58. The summed E-state index contributed by atoms with van der Waals surface area (Å²) in [5.41, 5.74) is -1.39. The van der Waals surface area contributed by atoms with Crippen molar-refractivity contribution in [3.05, 3.63) is 18.5 Å². The van der Waals surface area contributed by atoms with Crippen molar-refractivity contribution in [1.29, 1.82) is 0 Å². The van der Waals surface area contributed by atoms with Crippen LogP contribution in [0.5, 0.6) is 0 Å². The Labute approximate surface area is 160 Å². The third-order valence-electron chi connectivity index (χ3n) is 5.66. The van der Waals surface area contributed by atoms with Crippen molar-refractivity contribution in [2.75, 3.05) is 43.2 Å². The zero-order valence-electron chi connectivity index (χ0n) is 16.2. The molecule has 1 unspecified atom stereocenters. The molecular weight excluding hydrogens is 368 g/mol.